The first kappa shape index (κ1) is 22.5. The number of aromatic nitrogens is 1. The van der Waals surface area contributed by atoms with E-state index in [-0.39, 0.29) is 12.1 Å². The Labute approximate surface area is 201 Å². The molecular weight excluding hydrogens is 648 g/mol. The van der Waals surface area contributed by atoms with Crippen molar-refractivity contribution in [3.63, 3.8) is 0 Å². The summed E-state index contributed by atoms with van der Waals surface area (Å²) in [5.74, 6) is 0. The fraction of sp³-hybridized carbons (Fsp3) is 0.500. The van der Waals surface area contributed by atoms with Gasteiger partial charge in [0.15, 0.2) is 0 Å². The van der Waals surface area contributed by atoms with Crippen molar-refractivity contribution in [3.05, 3.63) is 35.6 Å². The quantitative estimate of drug-likeness (QED) is 0.426. The van der Waals surface area contributed by atoms with E-state index in [0.29, 0.717) is 0 Å². The van der Waals surface area contributed by atoms with E-state index < -0.39 is 5.60 Å². The predicted octanol–water partition coefficient (Wildman–Crippen LogP) is 5.70. The number of rotatable bonds is 3. The molecule has 0 spiro atoms. The van der Waals surface area contributed by atoms with Crippen LogP contribution in [0.15, 0.2) is 22.9 Å². The first-order valence-corrected chi connectivity index (χ1v) is 12.2. The molecule has 1 saturated heterocycles. The summed E-state index contributed by atoms with van der Waals surface area (Å²) in [7, 11) is 0. The van der Waals surface area contributed by atoms with Gasteiger partial charge in [0.05, 0.1) is 0 Å². The van der Waals surface area contributed by atoms with Crippen LogP contribution in [0.4, 0.5) is 4.79 Å². The van der Waals surface area contributed by atoms with Gasteiger partial charge in [0, 0.05) is 60.5 Å². The van der Waals surface area contributed by atoms with E-state index in [1.54, 1.807) is 0 Å². The normalized spacial score (nSPS) is 16.4. The molecule has 0 radical (unpaired) electrons. The Kier molecular flexibility index (Phi) is 7.47. The molecule has 3 rings (SSSR count). The molecule has 0 aliphatic carbocycles. The Bertz CT molecular complexity index is 878. The SMILES string of the molecule is CC(C)(C)OC(=O)NC1CCN(Cc2cc3c(Br)cncc3c(I)c2I)CC1. The highest BCUT2D eigenvalue weighted by molar-refractivity contribution is 14.1. The average Bonchev–Trinajstić information content (AvgIpc) is 2.60. The number of hydrogen-bond acceptors (Lipinski definition) is 4. The number of alkyl carbamates (subject to hydrolysis) is 1. The molecule has 1 aliphatic rings. The molecule has 1 aliphatic heterocycles. The highest BCUT2D eigenvalue weighted by Crippen LogP contribution is 2.33. The van der Waals surface area contributed by atoms with Crippen LogP contribution in [0.5, 0.6) is 0 Å². The first-order chi connectivity index (χ1) is 13.1. The minimum absolute atomic E-state index is 0.183. The molecule has 1 amide bonds. The number of fused-ring (bicyclic) bond motifs is 1. The lowest BCUT2D eigenvalue weighted by molar-refractivity contribution is 0.0477. The van der Waals surface area contributed by atoms with Gasteiger partial charge in [-0.2, -0.15) is 0 Å². The minimum atomic E-state index is -0.460. The van der Waals surface area contributed by atoms with E-state index in [2.05, 4.69) is 82.4 Å². The van der Waals surface area contributed by atoms with E-state index in [1.807, 2.05) is 33.2 Å². The molecule has 2 aromatic rings. The summed E-state index contributed by atoms with van der Waals surface area (Å²) in [5, 5.41) is 5.40. The lowest BCUT2D eigenvalue weighted by atomic mass is 10.0. The van der Waals surface area contributed by atoms with Gasteiger partial charge in [0.1, 0.15) is 5.60 Å². The maximum absolute atomic E-state index is 12.0. The van der Waals surface area contributed by atoms with Crippen LogP contribution < -0.4 is 5.32 Å². The predicted molar refractivity (Wildman–Crippen MR) is 133 cm³/mol. The van der Waals surface area contributed by atoms with Crippen molar-refractivity contribution in [1.29, 1.82) is 0 Å². The number of piperidine rings is 1. The highest BCUT2D eigenvalue weighted by atomic mass is 127. The largest absolute Gasteiger partial charge is 0.444 e. The summed E-state index contributed by atoms with van der Waals surface area (Å²) in [4.78, 5) is 18.7. The van der Waals surface area contributed by atoms with Crippen LogP contribution >= 0.6 is 61.1 Å². The van der Waals surface area contributed by atoms with Crippen LogP contribution in [-0.2, 0) is 11.3 Å². The van der Waals surface area contributed by atoms with Gasteiger partial charge in [0.25, 0.3) is 0 Å². The second-order valence-corrected chi connectivity index (χ2v) is 11.1. The molecule has 0 unspecified atom stereocenters. The number of nitrogens with zero attached hydrogens (tertiary/aromatic N) is 2. The van der Waals surface area contributed by atoms with Gasteiger partial charge >= 0.3 is 6.09 Å². The maximum Gasteiger partial charge on any atom is 0.407 e. The fourth-order valence-electron chi connectivity index (χ4n) is 3.33. The van der Waals surface area contributed by atoms with Crippen LogP contribution in [0.25, 0.3) is 10.8 Å². The number of likely N-dealkylation sites (tertiary alicyclic amines) is 1. The molecule has 2 heterocycles. The molecule has 1 N–H and O–H groups in total. The number of halogens is 3. The zero-order valence-corrected chi connectivity index (χ0v) is 22.1. The summed E-state index contributed by atoms with van der Waals surface area (Å²) in [6.07, 6.45) is 5.34. The van der Waals surface area contributed by atoms with Crippen LogP contribution in [0.2, 0.25) is 0 Å². The number of ether oxygens (including phenoxy) is 1. The minimum Gasteiger partial charge on any atom is -0.444 e. The number of benzene rings is 1. The van der Waals surface area contributed by atoms with E-state index in [4.69, 9.17) is 4.74 Å². The van der Waals surface area contributed by atoms with E-state index in [9.17, 15) is 4.79 Å². The Morgan fingerprint density at radius 3 is 2.57 bits per heavy atom. The first-order valence-electron chi connectivity index (χ1n) is 9.26. The third kappa shape index (κ3) is 5.69. The monoisotopic (exact) mass is 671 g/mol. The third-order valence-electron chi connectivity index (χ3n) is 4.67. The van der Waals surface area contributed by atoms with Crippen molar-refractivity contribution in [2.24, 2.45) is 0 Å². The molecule has 1 aromatic carbocycles. The molecule has 28 heavy (non-hydrogen) atoms. The number of hydrogen-bond donors (Lipinski definition) is 1. The molecule has 5 nitrogen and oxygen atoms in total. The fourth-order valence-corrected chi connectivity index (χ4v) is 5.17. The van der Waals surface area contributed by atoms with Crippen molar-refractivity contribution in [2.45, 2.75) is 51.8 Å². The van der Waals surface area contributed by atoms with Crippen LogP contribution in [0.1, 0.15) is 39.2 Å². The van der Waals surface area contributed by atoms with Gasteiger partial charge in [-0.15, -0.1) is 0 Å². The van der Waals surface area contributed by atoms with E-state index in [0.717, 1.165) is 36.9 Å². The average molecular weight is 672 g/mol. The Hall–Kier alpha value is -0.200. The van der Waals surface area contributed by atoms with E-state index in [1.165, 1.54) is 23.5 Å². The zero-order valence-electron chi connectivity index (χ0n) is 16.2. The summed E-state index contributed by atoms with van der Waals surface area (Å²) in [5.41, 5.74) is 0.876. The number of amides is 1. The zero-order chi connectivity index (χ0) is 20.5. The van der Waals surface area contributed by atoms with Crippen molar-refractivity contribution < 1.29 is 9.53 Å². The van der Waals surface area contributed by atoms with Crippen molar-refractivity contribution in [2.75, 3.05) is 13.1 Å². The maximum atomic E-state index is 12.0. The van der Waals surface area contributed by atoms with Crippen molar-refractivity contribution in [3.8, 4) is 0 Å². The molecule has 152 valence electrons. The topological polar surface area (TPSA) is 54.5 Å². The van der Waals surface area contributed by atoms with Gasteiger partial charge in [0.2, 0.25) is 0 Å². The molecule has 0 saturated carbocycles. The number of carbonyl (C=O) groups excluding carboxylic acids is 1. The van der Waals surface area contributed by atoms with Gasteiger partial charge in [-0.1, -0.05) is 0 Å². The summed E-state index contributed by atoms with van der Waals surface area (Å²) >= 11 is 8.49. The van der Waals surface area contributed by atoms with Gasteiger partial charge in [-0.25, -0.2) is 4.79 Å². The number of nitrogens with one attached hydrogen (secondary N) is 1. The lowest BCUT2D eigenvalue weighted by Gasteiger charge is -2.33. The Morgan fingerprint density at radius 2 is 1.93 bits per heavy atom. The van der Waals surface area contributed by atoms with Crippen LogP contribution in [0, 0.1) is 7.14 Å². The van der Waals surface area contributed by atoms with Crippen LogP contribution in [-0.4, -0.2) is 40.7 Å². The van der Waals surface area contributed by atoms with Crippen molar-refractivity contribution in [1.82, 2.24) is 15.2 Å². The summed E-state index contributed by atoms with van der Waals surface area (Å²) in [6, 6.07) is 2.46. The van der Waals surface area contributed by atoms with Gasteiger partial charge in [-0.3, -0.25) is 9.88 Å². The Balaban J connectivity index is 1.63. The molecule has 0 atom stereocenters. The number of carbonyl (C=O) groups is 1. The second-order valence-electron chi connectivity index (χ2n) is 8.08. The molecular formula is C20H24BrI2N3O2. The molecule has 8 heteroatoms. The lowest BCUT2D eigenvalue weighted by Crippen LogP contribution is -2.45. The van der Waals surface area contributed by atoms with Crippen molar-refractivity contribution >= 4 is 78.0 Å². The smallest absolute Gasteiger partial charge is 0.407 e. The molecule has 0 bridgehead atoms. The summed E-state index contributed by atoms with van der Waals surface area (Å²) in [6.45, 7) is 8.49. The second kappa shape index (κ2) is 9.30. The van der Waals surface area contributed by atoms with Gasteiger partial charge < -0.3 is 10.1 Å². The molecule has 1 aromatic heterocycles. The van der Waals surface area contributed by atoms with Gasteiger partial charge in [-0.05, 0) is 106 Å². The number of pyridine rings is 1. The standard InChI is InChI=1S/C20H24BrI2N3O2/c1-20(2,3)28-19(27)25-13-4-6-26(7-5-13)11-12-8-14-15(18(23)17(12)22)9-24-10-16(14)21/h8-10,13H,4-7,11H2,1-3H3,(H,25,27). The Morgan fingerprint density at radius 1 is 1.25 bits per heavy atom. The summed E-state index contributed by atoms with van der Waals surface area (Å²) < 4.78 is 8.94. The van der Waals surface area contributed by atoms with Crippen LogP contribution in [0.3, 0.4) is 0 Å². The third-order valence-corrected chi connectivity index (χ3v) is 8.69. The highest BCUT2D eigenvalue weighted by Gasteiger charge is 2.24. The van der Waals surface area contributed by atoms with E-state index >= 15 is 0 Å². The molecule has 1 fully saturated rings.